The zero-order chi connectivity index (χ0) is 14.5. The van der Waals surface area contributed by atoms with E-state index in [2.05, 4.69) is 34.1 Å². The summed E-state index contributed by atoms with van der Waals surface area (Å²) >= 11 is 0. The van der Waals surface area contributed by atoms with Crippen molar-refractivity contribution in [1.29, 1.82) is 0 Å². The third-order valence-electron chi connectivity index (χ3n) is 3.77. The van der Waals surface area contributed by atoms with Crippen molar-refractivity contribution in [2.24, 2.45) is 11.8 Å². The maximum atomic E-state index is 9.10. The fourth-order valence-corrected chi connectivity index (χ4v) is 2.64. The highest BCUT2D eigenvalue weighted by atomic mass is 16.3. The quantitative estimate of drug-likeness (QED) is 0.559. The average molecular weight is 279 g/mol. The van der Waals surface area contributed by atoms with E-state index in [0.29, 0.717) is 11.7 Å². The van der Waals surface area contributed by atoms with Crippen LogP contribution in [-0.4, -0.2) is 34.8 Å². The number of rotatable bonds is 5. The van der Waals surface area contributed by atoms with Gasteiger partial charge in [0.05, 0.1) is 0 Å². The number of hydrogen-bond donors (Lipinski definition) is 3. The minimum absolute atomic E-state index is 0.259. The number of nitrogens with one attached hydrogen (secondary N) is 1. The van der Waals surface area contributed by atoms with Crippen LogP contribution in [0.5, 0.6) is 0 Å². The molecule has 1 fully saturated rings. The summed E-state index contributed by atoms with van der Waals surface area (Å²) in [7, 11) is 0. The van der Waals surface area contributed by atoms with Gasteiger partial charge in [0.25, 0.3) is 0 Å². The molecule has 0 amide bonds. The molecule has 0 radical (unpaired) electrons. The number of hydrogen-bond acceptors (Lipinski definition) is 6. The van der Waals surface area contributed by atoms with Crippen molar-refractivity contribution in [3.63, 3.8) is 0 Å². The van der Waals surface area contributed by atoms with Gasteiger partial charge in [-0.3, -0.25) is 0 Å². The van der Waals surface area contributed by atoms with Crippen LogP contribution < -0.4 is 16.2 Å². The Morgan fingerprint density at radius 1 is 1.50 bits per heavy atom. The fraction of sp³-hybridized carbons (Fsp3) is 0.714. The van der Waals surface area contributed by atoms with E-state index in [-0.39, 0.29) is 12.5 Å². The second kappa shape index (κ2) is 6.85. The van der Waals surface area contributed by atoms with E-state index in [0.717, 1.165) is 37.6 Å². The van der Waals surface area contributed by atoms with Gasteiger partial charge in [-0.25, -0.2) is 15.8 Å². The van der Waals surface area contributed by atoms with Crippen LogP contribution in [-0.2, 0) is 0 Å². The van der Waals surface area contributed by atoms with Crippen molar-refractivity contribution in [2.75, 3.05) is 30.0 Å². The SMILES string of the molecule is CC(C)c1nc(NN)cc(N2CCCC(CCO)C2)n1. The van der Waals surface area contributed by atoms with Crippen LogP contribution in [0.2, 0.25) is 0 Å². The lowest BCUT2D eigenvalue weighted by Gasteiger charge is -2.33. The van der Waals surface area contributed by atoms with Crippen LogP contribution >= 0.6 is 0 Å². The molecule has 0 aromatic carbocycles. The molecular weight excluding hydrogens is 254 g/mol. The van der Waals surface area contributed by atoms with E-state index >= 15 is 0 Å². The topological polar surface area (TPSA) is 87.3 Å². The Labute approximate surface area is 120 Å². The molecule has 1 aromatic heterocycles. The van der Waals surface area contributed by atoms with Crippen LogP contribution in [0, 0.1) is 5.92 Å². The summed E-state index contributed by atoms with van der Waals surface area (Å²) in [6.07, 6.45) is 3.18. The van der Waals surface area contributed by atoms with E-state index in [1.54, 1.807) is 0 Å². The summed E-state index contributed by atoms with van der Waals surface area (Å²) in [5.74, 6) is 8.70. The van der Waals surface area contributed by atoms with Crippen LogP contribution in [0.15, 0.2) is 6.07 Å². The fourth-order valence-electron chi connectivity index (χ4n) is 2.64. The molecule has 0 aliphatic carbocycles. The van der Waals surface area contributed by atoms with Crippen molar-refractivity contribution < 1.29 is 5.11 Å². The average Bonchev–Trinajstić information content (AvgIpc) is 2.47. The monoisotopic (exact) mass is 279 g/mol. The Bertz CT molecular complexity index is 436. The number of hydrazine groups is 1. The number of nitrogens with two attached hydrogens (primary N) is 1. The molecule has 4 N–H and O–H groups in total. The van der Waals surface area contributed by atoms with Gasteiger partial charge in [0.2, 0.25) is 0 Å². The largest absolute Gasteiger partial charge is 0.396 e. The first-order chi connectivity index (χ1) is 9.63. The van der Waals surface area contributed by atoms with Gasteiger partial charge in [0, 0.05) is 31.7 Å². The number of aliphatic hydroxyl groups is 1. The summed E-state index contributed by atoms with van der Waals surface area (Å²) in [6, 6.07) is 1.90. The molecule has 1 aromatic rings. The number of nitrogen functional groups attached to an aromatic ring is 1. The van der Waals surface area contributed by atoms with Gasteiger partial charge in [-0.2, -0.15) is 0 Å². The first-order valence-corrected chi connectivity index (χ1v) is 7.35. The van der Waals surface area contributed by atoms with Gasteiger partial charge in [0.15, 0.2) is 0 Å². The van der Waals surface area contributed by atoms with Crippen molar-refractivity contribution in [2.45, 2.75) is 39.0 Å². The lowest BCUT2D eigenvalue weighted by atomic mass is 9.95. The van der Waals surface area contributed by atoms with Crippen LogP contribution in [0.25, 0.3) is 0 Å². The van der Waals surface area contributed by atoms with Gasteiger partial charge < -0.3 is 15.4 Å². The number of nitrogens with zero attached hydrogens (tertiary/aromatic N) is 3. The Kier molecular flexibility index (Phi) is 5.14. The van der Waals surface area contributed by atoms with Crippen molar-refractivity contribution >= 4 is 11.6 Å². The maximum Gasteiger partial charge on any atom is 0.145 e. The van der Waals surface area contributed by atoms with E-state index in [1.165, 1.54) is 6.42 Å². The molecule has 1 unspecified atom stereocenters. The van der Waals surface area contributed by atoms with E-state index in [4.69, 9.17) is 10.9 Å². The number of aliphatic hydroxyl groups excluding tert-OH is 1. The zero-order valence-corrected chi connectivity index (χ0v) is 12.3. The summed E-state index contributed by atoms with van der Waals surface area (Å²) < 4.78 is 0. The standard InChI is InChI=1S/C14H25N5O/c1-10(2)14-16-12(18-15)8-13(17-14)19-6-3-4-11(9-19)5-7-20/h8,10-11,20H,3-7,9,15H2,1-2H3,(H,16,17,18). The smallest absolute Gasteiger partial charge is 0.145 e. The van der Waals surface area contributed by atoms with Crippen LogP contribution in [0.3, 0.4) is 0 Å². The lowest BCUT2D eigenvalue weighted by Crippen LogP contribution is -2.36. The Morgan fingerprint density at radius 3 is 2.95 bits per heavy atom. The molecule has 6 nitrogen and oxygen atoms in total. The number of aromatic nitrogens is 2. The second-order valence-electron chi connectivity index (χ2n) is 5.74. The van der Waals surface area contributed by atoms with Crippen LogP contribution in [0.1, 0.15) is 44.9 Å². The highest BCUT2D eigenvalue weighted by Crippen LogP contribution is 2.26. The highest BCUT2D eigenvalue weighted by molar-refractivity contribution is 5.49. The maximum absolute atomic E-state index is 9.10. The summed E-state index contributed by atoms with van der Waals surface area (Å²) in [6.45, 7) is 6.35. The molecule has 1 atom stereocenters. The first-order valence-electron chi connectivity index (χ1n) is 7.35. The zero-order valence-electron chi connectivity index (χ0n) is 12.3. The Hall–Kier alpha value is -1.40. The minimum Gasteiger partial charge on any atom is -0.396 e. The molecule has 20 heavy (non-hydrogen) atoms. The highest BCUT2D eigenvalue weighted by Gasteiger charge is 2.21. The van der Waals surface area contributed by atoms with Gasteiger partial charge >= 0.3 is 0 Å². The third kappa shape index (κ3) is 3.58. The number of piperidine rings is 1. The molecule has 6 heteroatoms. The summed E-state index contributed by atoms with van der Waals surface area (Å²) in [4.78, 5) is 11.3. The normalized spacial score (nSPS) is 19.4. The molecule has 0 bridgehead atoms. The van der Waals surface area contributed by atoms with Crippen molar-refractivity contribution in [3.05, 3.63) is 11.9 Å². The van der Waals surface area contributed by atoms with Crippen LogP contribution in [0.4, 0.5) is 11.6 Å². The summed E-state index contributed by atoms with van der Waals surface area (Å²) in [5.41, 5.74) is 2.62. The molecule has 0 spiro atoms. The van der Waals surface area contributed by atoms with Crippen molar-refractivity contribution in [1.82, 2.24) is 9.97 Å². The Balaban J connectivity index is 2.20. The lowest BCUT2D eigenvalue weighted by molar-refractivity contribution is 0.244. The molecule has 0 saturated carbocycles. The molecule has 1 saturated heterocycles. The molecule has 2 heterocycles. The van der Waals surface area contributed by atoms with E-state index in [9.17, 15) is 0 Å². The Morgan fingerprint density at radius 2 is 2.30 bits per heavy atom. The summed E-state index contributed by atoms with van der Waals surface area (Å²) in [5, 5.41) is 9.10. The first kappa shape index (κ1) is 15.0. The molecule has 2 rings (SSSR count). The molecular formula is C14H25N5O. The molecule has 1 aliphatic heterocycles. The van der Waals surface area contributed by atoms with E-state index in [1.807, 2.05) is 6.07 Å². The van der Waals surface area contributed by atoms with Gasteiger partial charge in [-0.05, 0) is 25.2 Å². The predicted octanol–water partition coefficient (Wildman–Crippen LogP) is 1.48. The third-order valence-corrected chi connectivity index (χ3v) is 3.77. The van der Waals surface area contributed by atoms with Gasteiger partial charge in [-0.1, -0.05) is 13.8 Å². The van der Waals surface area contributed by atoms with E-state index < -0.39 is 0 Å². The van der Waals surface area contributed by atoms with Gasteiger partial charge in [0.1, 0.15) is 17.5 Å². The van der Waals surface area contributed by atoms with Crippen molar-refractivity contribution in [3.8, 4) is 0 Å². The predicted molar refractivity (Wildman–Crippen MR) is 80.6 cm³/mol. The second-order valence-corrected chi connectivity index (χ2v) is 5.74. The molecule has 1 aliphatic rings. The number of anilines is 2. The van der Waals surface area contributed by atoms with Gasteiger partial charge in [-0.15, -0.1) is 0 Å². The molecule has 112 valence electrons. The minimum atomic E-state index is 0.259.